The van der Waals surface area contributed by atoms with Crippen LogP contribution in [0, 0.1) is 0 Å². The Hall–Kier alpha value is -0.600. The Morgan fingerprint density at radius 3 is 3.17 bits per heavy atom. The van der Waals surface area contributed by atoms with E-state index in [1.54, 1.807) is 11.3 Å². The lowest BCUT2D eigenvalue weighted by Gasteiger charge is -1.93. The van der Waals surface area contributed by atoms with E-state index in [1.807, 2.05) is 0 Å². The molecule has 1 aliphatic carbocycles. The van der Waals surface area contributed by atoms with Crippen LogP contribution in [0.15, 0.2) is 23.6 Å². The van der Waals surface area contributed by atoms with Crippen LogP contribution in [0.2, 0.25) is 0 Å². The second-order valence-corrected chi connectivity index (χ2v) is 4.08. The van der Waals surface area contributed by atoms with Crippen LogP contribution in [0.5, 0.6) is 0 Å². The third-order valence-corrected chi connectivity index (χ3v) is 2.76. The summed E-state index contributed by atoms with van der Waals surface area (Å²) in [6.07, 6.45) is 7.11. The van der Waals surface area contributed by atoms with E-state index < -0.39 is 0 Å². The molecule has 1 aromatic rings. The summed E-state index contributed by atoms with van der Waals surface area (Å²) in [5.74, 6) is 0. The molecule has 1 saturated carbocycles. The van der Waals surface area contributed by atoms with Crippen LogP contribution in [-0.2, 0) is 0 Å². The monoisotopic (exact) mass is 179 g/mol. The molecule has 0 unspecified atom stereocenters. The van der Waals surface area contributed by atoms with Crippen molar-refractivity contribution in [2.24, 2.45) is 0 Å². The highest BCUT2D eigenvalue weighted by atomic mass is 32.1. The Kier molecular flexibility index (Phi) is 2.59. The number of hydrogen-bond acceptors (Lipinski definition) is 2. The molecule has 0 bridgehead atoms. The van der Waals surface area contributed by atoms with E-state index in [1.165, 1.54) is 17.7 Å². The quantitative estimate of drug-likeness (QED) is 0.749. The minimum absolute atomic E-state index is 0.818. The molecule has 0 aromatic carbocycles. The minimum atomic E-state index is 0.818. The van der Waals surface area contributed by atoms with Gasteiger partial charge in [-0.05, 0) is 30.4 Å². The van der Waals surface area contributed by atoms with Gasteiger partial charge in [0, 0.05) is 17.5 Å². The maximum absolute atomic E-state index is 3.44. The first-order chi connectivity index (χ1) is 5.95. The standard InChI is InChI=1S/C10H13NS/c1(7-11-9-5-6-9)3-10-4-2-8-12-10/h1-4,8-9,11H,5-7H2. The molecule has 1 heterocycles. The summed E-state index contributed by atoms with van der Waals surface area (Å²) in [6.45, 7) is 1.02. The molecule has 0 saturated heterocycles. The van der Waals surface area contributed by atoms with Gasteiger partial charge in [-0.15, -0.1) is 11.3 Å². The van der Waals surface area contributed by atoms with Crippen molar-refractivity contribution in [2.75, 3.05) is 6.54 Å². The van der Waals surface area contributed by atoms with E-state index in [9.17, 15) is 0 Å². The zero-order valence-corrected chi connectivity index (χ0v) is 7.81. The van der Waals surface area contributed by atoms with Crippen LogP contribution < -0.4 is 5.32 Å². The summed E-state index contributed by atoms with van der Waals surface area (Å²) >= 11 is 1.78. The van der Waals surface area contributed by atoms with E-state index >= 15 is 0 Å². The normalized spacial score (nSPS) is 17.3. The molecule has 0 spiro atoms. The lowest BCUT2D eigenvalue weighted by atomic mass is 10.4. The highest BCUT2D eigenvalue weighted by molar-refractivity contribution is 7.10. The zero-order chi connectivity index (χ0) is 8.23. The van der Waals surface area contributed by atoms with Crippen LogP contribution in [0.25, 0.3) is 6.08 Å². The minimum Gasteiger partial charge on any atom is -0.311 e. The van der Waals surface area contributed by atoms with Gasteiger partial charge in [-0.2, -0.15) is 0 Å². The molecule has 64 valence electrons. The van der Waals surface area contributed by atoms with Crippen LogP contribution in [-0.4, -0.2) is 12.6 Å². The largest absolute Gasteiger partial charge is 0.311 e. The third kappa shape index (κ3) is 2.47. The van der Waals surface area contributed by atoms with Crippen LogP contribution in [0.4, 0.5) is 0 Å². The molecule has 0 radical (unpaired) electrons. The van der Waals surface area contributed by atoms with Crippen molar-refractivity contribution in [1.29, 1.82) is 0 Å². The van der Waals surface area contributed by atoms with E-state index in [0.717, 1.165) is 12.6 Å². The van der Waals surface area contributed by atoms with Gasteiger partial charge in [0.1, 0.15) is 0 Å². The summed E-state index contributed by atoms with van der Waals surface area (Å²) in [6, 6.07) is 5.04. The van der Waals surface area contributed by atoms with Crippen molar-refractivity contribution in [3.63, 3.8) is 0 Å². The van der Waals surface area contributed by atoms with E-state index in [4.69, 9.17) is 0 Å². The van der Waals surface area contributed by atoms with Crippen molar-refractivity contribution < 1.29 is 0 Å². The number of hydrogen-bond donors (Lipinski definition) is 1. The maximum Gasteiger partial charge on any atom is 0.0267 e. The van der Waals surface area contributed by atoms with Gasteiger partial charge in [-0.25, -0.2) is 0 Å². The molecule has 0 amide bonds. The smallest absolute Gasteiger partial charge is 0.0267 e. The second kappa shape index (κ2) is 3.87. The molecule has 1 aromatic heterocycles. The van der Waals surface area contributed by atoms with Gasteiger partial charge in [0.15, 0.2) is 0 Å². The Bertz CT molecular complexity index is 247. The highest BCUT2D eigenvalue weighted by Crippen LogP contribution is 2.18. The first-order valence-corrected chi connectivity index (χ1v) is 5.26. The van der Waals surface area contributed by atoms with Crippen molar-refractivity contribution in [2.45, 2.75) is 18.9 Å². The summed E-state index contributed by atoms with van der Waals surface area (Å²) in [4.78, 5) is 1.34. The van der Waals surface area contributed by atoms with Crippen molar-refractivity contribution in [3.8, 4) is 0 Å². The molecule has 0 atom stereocenters. The molecular formula is C10H13NS. The summed E-state index contributed by atoms with van der Waals surface area (Å²) < 4.78 is 0. The van der Waals surface area contributed by atoms with Crippen LogP contribution >= 0.6 is 11.3 Å². The molecular weight excluding hydrogens is 166 g/mol. The summed E-state index contributed by atoms with van der Waals surface area (Å²) in [5, 5.41) is 5.54. The highest BCUT2D eigenvalue weighted by Gasteiger charge is 2.18. The first-order valence-electron chi connectivity index (χ1n) is 4.38. The Morgan fingerprint density at radius 1 is 1.58 bits per heavy atom. The molecule has 2 heteroatoms. The zero-order valence-electron chi connectivity index (χ0n) is 6.99. The summed E-state index contributed by atoms with van der Waals surface area (Å²) in [7, 11) is 0. The average Bonchev–Trinajstić information content (AvgIpc) is 2.76. The second-order valence-electron chi connectivity index (χ2n) is 3.10. The Morgan fingerprint density at radius 2 is 2.50 bits per heavy atom. The fourth-order valence-electron chi connectivity index (χ4n) is 1.08. The lowest BCUT2D eigenvalue weighted by molar-refractivity contribution is 0.754. The maximum atomic E-state index is 3.44. The van der Waals surface area contributed by atoms with E-state index in [0.29, 0.717) is 0 Å². The van der Waals surface area contributed by atoms with Crippen molar-refractivity contribution in [1.82, 2.24) is 5.32 Å². The number of thiophene rings is 1. The predicted molar refractivity (Wildman–Crippen MR) is 54.4 cm³/mol. The molecule has 1 fully saturated rings. The Balaban J connectivity index is 1.70. The average molecular weight is 179 g/mol. The SMILES string of the molecule is C(=Cc1cccs1)CNC1CC1. The Labute approximate surface area is 77.1 Å². The third-order valence-electron chi connectivity index (χ3n) is 1.93. The molecule has 0 aliphatic heterocycles. The van der Waals surface area contributed by atoms with Crippen LogP contribution in [0.3, 0.4) is 0 Å². The fourth-order valence-corrected chi connectivity index (χ4v) is 1.73. The van der Waals surface area contributed by atoms with Gasteiger partial charge in [-0.1, -0.05) is 12.1 Å². The summed E-state index contributed by atoms with van der Waals surface area (Å²) in [5.41, 5.74) is 0. The molecule has 1 nitrogen and oxygen atoms in total. The molecule has 2 rings (SSSR count). The lowest BCUT2D eigenvalue weighted by Crippen LogP contribution is -2.15. The van der Waals surface area contributed by atoms with Crippen LogP contribution in [0.1, 0.15) is 17.7 Å². The van der Waals surface area contributed by atoms with Gasteiger partial charge >= 0.3 is 0 Å². The number of nitrogens with one attached hydrogen (secondary N) is 1. The molecule has 1 aliphatic rings. The van der Waals surface area contributed by atoms with Gasteiger partial charge < -0.3 is 5.32 Å². The molecule has 12 heavy (non-hydrogen) atoms. The van der Waals surface area contributed by atoms with E-state index in [-0.39, 0.29) is 0 Å². The van der Waals surface area contributed by atoms with Gasteiger partial charge in [0.05, 0.1) is 0 Å². The van der Waals surface area contributed by atoms with E-state index in [2.05, 4.69) is 35.0 Å². The van der Waals surface area contributed by atoms with Crippen molar-refractivity contribution in [3.05, 3.63) is 28.5 Å². The van der Waals surface area contributed by atoms with Gasteiger partial charge in [0.25, 0.3) is 0 Å². The van der Waals surface area contributed by atoms with Gasteiger partial charge in [-0.3, -0.25) is 0 Å². The van der Waals surface area contributed by atoms with Crippen molar-refractivity contribution >= 4 is 17.4 Å². The number of rotatable bonds is 4. The fraction of sp³-hybridized carbons (Fsp3) is 0.400. The van der Waals surface area contributed by atoms with Gasteiger partial charge in [0.2, 0.25) is 0 Å². The first kappa shape index (κ1) is 8.02. The predicted octanol–water partition coefficient (Wildman–Crippen LogP) is 2.51. The molecule has 1 N–H and O–H groups in total. The topological polar surface area (TPSA) is 12.0 Å².